The van der Waals surface area contributed by atoms with Gasteiger partial charge in [-0.1, -0.05) is 33.0 Å². The Morgan fingerprint density at radius 3 is 2.64 bits per heavy atom. The average molecular weight is 231 g/mol. The molecule has 0 bridgehead atoms. The first-order valence-corrected chi connectivity index (χ1v) is 6.22. The highest BCUT2D eigenvalue weighted by molar-refractivity contribution is 8.10. The predicted molar refractivity (Wildman–Crippen MR) is 70.0 cm³/mol. The third-order valence-corrected chi connectivity index (χ3v) is 3.23. The minimum absolute atomic E-state index is 0.436. The fourth-order valence-electron chi connectivity index (χ4n) is 2.27. The van der Waals surface area contributed by atoms with Crippen LogP contribution in [0.3, 0.4) is 0 Å². The van der Waals surface area contributed by atoms with E-state index < -0.39 is 0 Å². The van der Waals surface area contributed by atoms with Crippen molar-refractivity contribution in [2.75, 3.05) is 13.1 Å². The molecule has 1 heterocycles. The standard InChI is InChI=1S/C11H21NS2/c1-11(2,3)7-9-5-4-6-12(8-9)10(13)14/h9H,4-8H2,1-3H3,(H,13,14). The number of hydrogen-bond acceptors (Lipinski definition) is 1. The Kier molecular flexibility index (Phi) is 4.26. The molecule has 0 N–H and O–H groups in total. The zero-order chi connectivity index (χ0) is 10.8. The van der Waals surface area contributed by atoms with Crippen molar-refractivity contribution in [3.8, 4) is 0 Å². The highest BCUT2D eigenvalue weighted by atomic mass is 32.1. The summed E-state index contributed by atoms with van der Waals surface area (Å²) in [7, 11) is 0. The van der Waals surface area contributed by atoms with Crippen LogP contribution in [-0.2, 0) is 0 Å². The molecule has 0 saturated carbocycles. The molecule has 1 unspecified atom stereocenters. The first-order chi connectivity index (χ1) is 6.38. The van der Waals surface area contributed by atoms with Crippen LogP contribution in [0.4, 0.5) is 0 Å². The molecule has 0 aliphatic carbocycles. The Morgan fingerprint density at radius 1 is 1.50 bits per heavy atom. The summed E-state index contributed by atoms with van der Waals surface area (Å²) in [5.74, 6) is 0.800. The quantitative estimate of drug-likeness (QED) is 0.544. The van der Waals surface area contributed by atoms with Crippen LogP contribution < -0.4 is 0 Å². The zero-order valence-corrected chi connectivity index (χ0v) is 11.1. The molecule has 0 radical (unpaired) electrons. The lowest BCUT2D eigenvalue weighted by Crippen LogP contribution is -2.38. The predicted octanol–water partition coefficient (Wildman–Crippen LogP) is 3.35. The SMILES string of the molecule is CC(C)(C)CC1CCCN(C(=S)S)C1. The lowest BCUT2D eigenvalue weighted by atomic mass is 9.81. The molecule has 1 aliphatic heterocycles. The van der Waals surface area contributed by atoms with E-state index in [0.29, 0.717) is 5.41 Å². The van der Waals surface area contributed by atoms with Crippen molar-refractivity contribution in [3.63, 3.8) is 0 Å². The molecular formula is C11H21NS2. The van der Waals surface area contributed by atoms with Gasteiger partial charge in [-0.3, -0.25) is 0 Å². The maximum absolute atomic E-state index is 5.10. The van der Waals surface area contributed by atoms with Crippen molar-refractivity contribution >= 4 is 29.2 Å². The molecule has 1 rings (SSSR count). The van der Waals surface area contributed by atoms with E-state index in [1.807, 2.05) is 0 Å². The van der Waals surface area contributed by atoms with Crippen LogP contribution in [0.25, 0.3) is 0 Å². The maximum Gasteiger partial charge on any atom is 0.133 e. The number of thiol groups is 1. The van der Waals surface area contributed by atoms with Crippen LogP contribution in [0.15, 0.2) is 0 Å². The number of thiocarbonyl (C=S) groups is 1. The monoisotopic (exact) mass is 231 g/mol. The van der Waals surface area contributed by atoms with Gasteiger partial charge in [-0.2, -0.15) is 0 Å². The van der Waals surface area contributed by atoms with Gasteiger partial charge in [-0.25, -0.2) is 0 Å². The average Bonchev–Trinajstić information content (AvgIpc) is 2.01. The van der Waals surface area contributed by atoms with Gasteiger partial charge in [-0.05, 0) is 30.6 Å². The van der Waals surface area contributed by atoms with Crippen molar-refractivity contribution in [1.29, 1.82) is 0 Å². The molecule has 1 atom stereocenters. The summed E-state index contributed by atoms with van der Waals surface area (Å²) in [6.07, 6.45) is 3.91. The summed E-state index contributed by atoms with van der Waals surface area (Å²) in [5.41, 5.74) is 0.436. The number of rotatable bonds is 1. The highest BCUT2D eigenvalue weighted by Gasteiger charge is 2.24. The summed E-state index contributed by atoms with van der Waals surface area (Å²) < 4.78 is 0.767. The van der Waals surface area contributed by atoms with Gasteiger partial charge in [0.15, 0.2) is 0 Å². The molecule has 14 heavy (non-hydrogen) atoms. The van der Waals surface area contributed by atoms with E-state index in [-0.39, 0.29) is 0 Å². The van der Waals surface area contributed by atoms with Gasteiger partial charge in [0.1, 0.15) is 4.32 Å². The van der Waals surface area contributed by atoms with Gasteiger partial charge in [-0.15, -0.1) is 12.6 Å². The van der Waals surface area contributed by atoms with Gasteiger partial charge in [0, 0.05) is 13.1 Å². The number of nitrogens with zero attached hydrogens (tertiary/aromatic N) is 1. The van der Waals surface area contributed by atoms with Crippen molar-refractivity contribution in [3.05, 3.63) is 0 Å². The summed E-state index contributed by atoms with van der Waals surface area (Å²) in [6.45, 7) is 9.14. The van der Waals surface area contributed by atoms with E-state index in [1.165, 1.54) is 19.3 Å². The maximum atomic E-state index is 5.10. The van der Waals surface area contributed by atoms with E-state index in [1.54, 1.807) is 0 Å². The Bertz CT molecular complexity index is 208. The van der Waals surface area contributed by atoms with E-state index >= 15 is 0 Å². The largest absolute Gasteiger partial charge is 0.357 e. The van der Waals surface area contributed by atoms with Gasteiger partial charge >= 0.3 is 0 Å². The third-order valence-electron chi connectivity index (χ3n) is 2.69. The second-order valence-corrected chi connectivity index (χ2v) is 6.61. The topological polar surface area (TPSA) is 3.24 Å². The molecule has 1 saturated heterocycles. The van der Waals surface area contributed by atoms with E-state index in [4.69, 9.17) is 12.2 Å². The summed E-state index contributed by atoms with van der Waals surface area (Å²) in [6, 6.07) is 0. The summed E-state index contributed by atoms with van der Waals surface area (Å²) >= 11 is 9.35. The Morgan fingerprint density at radius 2 is 2.14 bits per heavy atom. The summed E-state index contributed by atoms with van der Waals surface area (Å²) in [4.78, 5) is 2.23. The lowest BCUT2D eigenvalue weighted by molar-refractivity contribution is 0.199. The molecule has 0 aromatic rings. The molecule has 1 aliphatic rings. The van der Waals surface area contributed by atoms with Crippen molar-refractivity contribution < 1.29 is 0 Å². The molecule has 0 aromatic carbocycles. The van der Waals surface area contributed by atoms with Crippen LogP contribution >= 0.6 is 24.8 Å². The Balaban J connectivity index is 2.44. The van der Waals surface area contributed by atoms with Gasteiger partial charge in [0.25, 0.3) is 0 Å². The van der Waals surface area contributed by atoms with Crippen LogP contribution in [-0.4, -0.2) is 22.3 Å². The molecule has 0 amide bonds. The molecular weight excluding hydrogens is 210 g/mol. The molecule has 82 valence electrons. The first kappa shape index (κ1) is 12.3. The lowest BCUT2D eigenvalue weighted by Gasteiger charge is -2.36. The Hall–Kier alpha value is 0.240. The second-order valence-electron chi connectivity index (χ2n) is 5.50. The normalized spacial score (nSPS) is 23.7. The number of likely N-dealkylation sites (tertiary alicyclic amines) is 1. The van der Waals surface area contributed by atoms with Crippen molar-refractivity contribution in [2.24, 2.45) is 11.3 Å². The first-order valence-electron chi connectivity index (χ1n) is 5.36. The molecule has 1 fully saturated rings. The zero-order valence-electron chi connectivity index (χ0n) is 9.42. The Labute approximate surface area is 98.7 Å². The fraction of sp³-hybridized carbons (Fsp3) is 0.909. The van der Waals surface area contributed by atoms with Crippen LogP contribution in [0.5, 0.6) is 0 Å². The minimum Gasteiger partial charge on any atom is -0.357 e. The number of hydrogen-bond donors (Lipinski definition) is 1. The van der Waals surface area contributed by atoms with Gasteiger partial charge in [0.05, 0.1) is 0 Å². The fourth-order valence-corrected chi connectivity index (χ4v) is 2.62. The van der Waals surface area contributed by atoms with Crippen LogP contribution in [0.2, 0.25) is 0 Å². The third kappa shape index (κ3) is 4.18. The van der Waals surface area contributed by atoms with E-state index in [2.05, 4.69) is 38.3 Å². The number of piperidine rings is 1. The van der Waals surface area contributed by atoms with Crippen molar-refractivity contribution in [1.82, 2.24) is 4.90 Å². The summed E-state index contributed by atoms with van der Waals surface area (Å²) in [5, 5.41) is 0. The molecule has 0 aromatic heterocycles. The van der Waals surface area contributed by atoms with E-state index in [9.17, 15) is 0 Å². The van der Waals surface area contributed by atoms with Gasteiger partial charge < -0.3 is 4.90 Å². The second kappa shape index (κ2) is 4.84. The molecule has 3 heteroatoms. The smallest absolute Gasteiger partial charge is 0.133 e. The highest BCUT2D eigenvalue weighted by Crippen LogP contribution is 2.30. The van der Waals surface area contributed by atoms with Crippen molar-refractivity contribution in [2.45, 2.75) is 40.0 Å². The van der Waals surface area contributed by atoms with E-state index in [0.717, 1.165) is 23.3 Å². The minimum atomic E-state index is 0.436. The van der Waals surface area contributed by atoms with Crippen LogP contribution in [0, 0.1) is 11.3 Å². The molecule has 0 spiro atoms. The van der Waals surface area contributed by atoms with Crippen LogP contribution in [0.1, 0.15) is 40.0 Å². The molecule has 1 nitrogen and oxygen atoms in total. The van der Waals surface area contributed by atoms with Gasteiger partial charge in [0.2, 0.25) is 0 Å².